The molecular weight excluding hydrogens is 342 g/mol. The van der Waals surface area contributed by atoms with E-state index in [-0.39, 0.29) is 18.2 Å². The minimum Gasteiger partial charge on any atom is -0.467 e. The zero-order valence-corrected chi connectivity index (χ0v) is 14.9. The average molecular weight is 362 g/mol. The molecule has 1 aromatic carbocycles. The van der Waals surface area contributed by atoms with Crippen LogP contribution in [0.4, 0.5) is 11.4 Å². The molecule has 6 nitrogen and oxygen atoms in total. The van der Waals surface area contributed by atoms with Gasteiger partial charge in [-0.25, -0.2) is 0 Å². The first-order valence-electron chi connectivity index (χ1n) is 8.02. The van der Waals surface area contributed by atoms with Crippen LogP contribution in [0.5, 0.6) is 0 Å². The Kier molecular flexibility index (Phi) is 4.99. The number of hydrogen-bond acceptors (Lipinski definition) is 4. The van der Waals surface area contributed by atoms with Gasteiger partial charge in [-0.3, -0.25) is 9.59 Å². The van der Waals surface area contributed by atoms with E-state index >= 15 is 0 Å². The highest BCUT2D eigenvalue weighted by molar-refractivity contribution is 6.31. The monoisotopic (exact) mass is 361 g/mol. The SMILES string of the molecule is CN(C)c1ccc(Cl)cc1NC(=O)C1CC(=O)N(Cc2ccco2)C1. The second-order valence-electron chi connectivity index (χ2n) is 6.30. The molecule has 132 valence electrons. The van der Waals surface area contributed by atoms with E-state index in [2.05, 4.69) is 5.32 Å². The minimum absolute atomic E-state index is 0.0459. The first-order valence-corrected chi connectivity index (χ1v) is 8.39. The van der Waals surface area contributed by atoms with Crippen LogP contribution in [0, 0.1) is 5.92 Å². The van der Waals surface area contributed by atoms with Crippen LogP contribution in [0.15, 0.2) is 41.0 Å². The Labute approximate surface area is 151 Å². The molecule has 2 heterocycles. The van der Waals surface area contributed by atoms with E-state index in [1.807, 2.05) is 31.1 Å². The number of nitrogens with one attached hydrogen (secondary N) is 1. The Morgan fingerprint density at radius 2 is 2.20 bits per heavy atom. The van der Waals surface area contributed by atoms with Gasteiger partial charge in [0.2, 0.25) is 11.8 Å². The number of benzene rings is 1. The molecule has 25 heavy (non-hydrogen) atoms. The Balaban J connectivity index is 1.68. The van der Waals surface area contributed by atoms with Crippen LogP contribution in [0.25, 0.3) is 0 Å². The number of carbonyl (C=O) groups excluding carboxylic acids is 2. The molecule has 0 saturated carbocycles. The molecule has 2 aromatic rings. The smallest absolute Gasteiger partial charge is 0.229 e. The van der Waals surface area contributed by atoms with Crippen molar-refractivity contribution < 1.29 is 14.0 Å². The molecule has 1 aliphatic rings. The summed E-state index contributed by atoms with van der Waals surface area (Å²) in [6, 6.07) is 8.93. The Hall–Kier alpha value is -2.47. The minimum atomic E-state index is -0.392. The predicted molar refractivity (Wildman–Crippen MR) is 96.6 cm³/mol. The van der Waals surface area contributed by atoms with Gasteiger partial charge in [-0.15, -0.1) is 0 Å². The van der Waals surface area contributed by atoms with Crippen LogP contribution >= 0.6 is 11.6 Å². The highest BCUT2D eigenvalue weighted by Gasteiger charge is 2.34. The van der Waals surface area contributed by atoms with Gasteiger partial charge in [-0.1, -0.05) is 11.6 Å². The van der Waals surface area contributed by atoms with Crippen molar-refractivity contribution in [2.75, 3.05) is 30.9 Å². The third-order valence-electron chi connectivity index (χ3n) is 4.21. The molecule has 7 heteroatoms. The third-order valence-corrected chi connectivity index (χ3v) is 4.45. The van der Waals surface area contributed by atoms with Crippen LogP contribution in [0.2, 0.25) is 5.02 Å². The maximum Gasteiger partial charge on any atom is 0.229 e. The summed E-state index contributed by atoms with van der Waals surface area (Å²) in [5.41, 5.74) is 1.49. The molecule has 0 bridgehead atoms. The van der Waals surface area contributed by atoms with Gasteiger partial charge in [0.15, 0.2) is 0 Å². The first kappa shape index (κ1) is 17.4. The topological polar surface area (TPSA) is 65.8 Å². The lowest BCUT2D eigenvalue weighted by molar-refractivity contribution is -0.128. The maximum atomic E-state index is 12.6. The summed E-state index contributed by atoms with van der Waals surface area (Å²) in [6.07, 6.45) is 1.77. The second-order valence-corrected chi connectivity index (χ2v) is 6.74. The molecule has 1 fully saturated rings. The highest BCUT2D eigenvalue weighted by atomic mass is 35.5. The lowest BCUT2D eigenvalue weighted by Gasteiger charge is -2.19. The van der Waals surface area contributed by atoms with Crippen molar-refractivity contribution in [3.63, 3.8) is 0 Å². The molecule has 3 rings (SSSR count). The standard InChI is InChI=1S/C18H20ClN3O3/c1-21(2)16-6-5-13(19)9-15(16)20-18(24)12-8-17(23)22(10-12)11-14-4-3-7-25-14/h3-7,9,12H,8,10-11H2,1-2H3,(H,20,24). The van der Waals surface area contributed by atoms with Crippen LogP contribution in [0.3, 0.4) is 0 Å². The summed E-state index contributed by atoms with van der Waals surface area (Å²) in [5, 5.41) is 3.45. The third kappa shape index (κ3) is 3.96. The van der Waals surface area contributed by atoms with Crippen molar-refractivity contribution in [2.24, 2.45) is 5.92 Å². The normalized spacial score (nSPS) is 17.0. The number of nitrogens with zero attached hydrogens (tertiary/aromatic N) is 2. The van der Waals surface area contributed by atoms with Gasteiger partial charge in [-0.2, -0.15) is 0 Å². The van der Waals surface area contributed by atoms with Gasteiger partial charge in [0, 0.05) is 32.1 Å². The molecule has 1 unspecified atom stereocenters. The quantitative estimate of drug-likeness (QED) is 0.889. The van der Waals surface area contributed by atoms with Crippen LogP contribution in [-0.4, -0.2) is 37.4 Å². The number of rotatable bonds is 5. The fourth-order valence-corrected chi connectivity index (χ4v) is 3.10. The Morgan fingerprint density at radius 1 is 1.40 bits per heavy atom. The van der Waals surface area contributed by atoms with Gasteiger partial charge in [0.25, 0.3) is 0 Å². The zero-order valence-electron chi connectivity index (χ0n) is 14.2. The molecule has 1 saturated heterocycles. The van der Waals surface area contributed by atoms with E-state index in [9.17, 15) is 9.59 Å². The first-order chi connectivity index (χ1) is 11.9. The number of halogens is 1. The van der Waals surface area contributed by atoms with Crippen molar-refractivity contribution in [2.45, 2.75) is 13.0 Å². The molecular formula is C18H20ClN3O3. The molecule has 0 spiro atoms. The summed E-state index contributed by atoms with van der Waals surface area (Å²) < 4.78 is 5.28. The van der Waals surface area contributed by atoms with Gasteiger partial charge in [-0.05, 0) is 30.3 Å². The van der Waals surface area contributed by atoms with Crippen molar-refractivity contribution in [1.29, 1.82) is 0 Å². The number of anilines is 2. The van der Waals surface area contributed by atoms with E-state index in [0.717, 1.165) is 5.69 Å². The predicted octanol–water partition coefficient (Wildman–Crippen LogP) is 2.99. The lowest BCUT2D eigenvalue weighted by atomic mass is 10.1. The van der Waals surface area contributed by atoms with Crippen LogP contribution in [0.1, 0.15) is 12.2 Å². The Morgan fingerprint density at radius 3 is 2.88 bits per heavy atom. The van der Waals surface area contributed by atoms with E-state index in [1.165, 1.54) is 0 Å². The highest BCUT2D eigenvalue weighted by Crippen LogP contribution is 2.29. The van der Waals surface area contributed by atoms with Crippen molar-refractivity contribution in [3.05, 3.63) is 47.4 Å². The summed E-state index contributed by atoms with van der Waals surface area (Å²) >= 11 is 6.05. The fraction of sp³-hybridized carbons (Fsp3) is 0.333. The molecule has 1 aromatic heterocycles. The number of carbonyl (C=O) groups is 2. The summed E-state index contributed by atoms with van der Waals surface area (Å²) in [6.45, 7) is 0.763. The molecule has 1 N–H and O–H groups in total. The van der Waals surface area contributed by atoms with Gasteiger partial charge in [0.05, 0.1) is 30.1 Å². The van der Waals surface area contributed by atoms with Crippen molar-refractivity contribution in [3.8, 4) is 0 Å². The lowest BCUT2D eigenvalue weighted by Crippen LogP contribution is -2.28. The van der Waals surface area contributed by atoms with Crippen LogP contribution < -0.4 is 10.2 Å². The second kappa shape index (κ2) is 7.19. The number of amides is 2. The Bertz CT molecular complexity index is 774. The van der Waals surface area contributed by atoms with E-state index < -0.39 is 5.92 Å². The van der Waals surface area contributed by atoms with Gasteiger partial charge < -0.3 is 19.5 Å². The van der Waals surface area contributed by atoms with E-state index in [4.69, 9.17) is 16.0 Å². The van der Waals surface area contributed by atoms with Crippen LogP contribution in [-0.2, 0) is 16.1 Å². The summed E-state index contributed by atoms with van der Waals surface area (Å²) in [5.74, 6) is 0.0896. The largest absolute Gasteiger partial charge is 0.467 e. The van der Waals surface area contributed by atoms with Crippen molar-refractivity contribution >= 4 is 34.8 Å². The zero-order chi connectivity index (χ0) is 18.0. The molecule has 0 radical (unpaired) electrons. The van der Waals surface area contributed by atoms with E-state index in [0.29, 0.717) is 29.6 Å². The number of likely N-dealkylation sites (tertiary alicyclic amines) is 1. The van der Waals surface area contributed by atoms with E-state index in [1.54, 1.807) is 29.4 Å². The summed E-state index contributed by atoms with van der Waals surface area (Å²) in [7, 11) is 3.78. The fourth-order valence-electron chi connectivity index (χ4n) is 2.92. The number of hydrogen-bond donors (Lipinski definition) is 1. The maximum absolute atomic E-state index is 12.6. The average Bonchev–Trinajstić information content (AvgIpc) is 3.18. The van der Waals surface area contributed by atoms with Crippen molar-refractivity contribution in [1.82, 2.24) is 4.90 Å². The summed E-state index contributed by atoms with van der Waals surface area (Å²) in [4.78, 5) is 28.3. The molecule has 1 aliphatic heterocycles. The molecule has 0 aliphatic carbocycles. The van der Waals surface area contributed by atoms with Gasteiger partial charge in [0.1, 0.15) is 5.76 Å². The van der Waals surface area contributed by atoms with Gasteiger partial charge >= 0.3 is 0 Å². The molecule has 2 amide bonds. The molecule has 1 atom stereocenters. The number of furan rings is 1.